The van der Waals surface area contributed by atoms with E-state index in [2.05, 4.69) is 16.4 Å². The maximum atomic E-state index is 12.9. The van der Waals surface area contributed by atoms with Crippen LogP contribution in [0, 0.1) is 0 Å². The molecular formula is C22H18ClN3O2. The molecule has 2 aromatic carbocycles. The van der Waals surface area contributed by atoms with Crippen molar-refractivity contribution in [1.29, 1.82) is 0 Å². The number of nitrogens with zero attached hydrogens (tertiary/aromatic N) is 2. The minimum Gasteiger partial charge on any atom is -0.334 e. The highest BCUT2D eigenvalue weighted by atomic mass is 35.5. The van der Waals surface area contributed by atoms with E-state index in [1.807, 2.05) is 18.2 Å². The number of anilines is 1. The number of nitrogens with one attached hydrogen (secondary N) is 1. The van der Waals surface area contributed by atoms with E-state index in [-0.39, 0.29) is 11.8 Å². The van der Waals surface area contributed by atoms with Crippen LogP contribution in [0.2, 0.25) is 5.02 Å². The summed E-state index contributed by atoms with van der Waals surface area (Å²) in [6, 6.07) is 16.7. The molecule has 6 heteroatoms. The van der Waals surface area contributed by atoms with Crippen molar-refractivity contribution in [2.24, 2.45) is 0 Å². The van der Waals surface area contributed by atoms with Crippen LogP contribution >= 0.6 is 11.6 Å². The van der Waals surface area contributed by atoms with E-state index < -0.39 is 0 Å². The number of pyridine rings is 1. The van der Waals surface area contributed by atoms with Crippen molar-refractivity contribution in [2.75, 3.05) is 11.9 Å². The summed E-state index contributed by atoms with van der Waals surface area (Å²) in [5, 5.41) is 3.20. The first kappa shape index (κ1) is 18.2. The standard InChI is InChI=1S/C22H18ClN3O2/c23-19-7-3-4-8-20(19)25-21(27)17-11-18(13-24-12-17)22(28)26-10-9-15-5-1-2-6-16(15)14-26/h1-8,11-13H,9-10,14H2,(H,25,27). The zero-order chi connectivity index (χ0) is 19.5. The first-order valence-corrected chi connectivity index (χ1v) is 9.36. The summed E-state index contributed by atoms with van der Waals surface area (Å²) in [6.07, 6.45) is 3.76. The maximum absolute atomic E-state index is 12.9. The molecular weight excluding hydrogens is 374 g/mol. The number of hydrogen-bond acceptors (Lipinski definition) is 3. The molecule has 0 saturated heterocycles. The molecule has 2 amide bonds. The molecule has 0 fully saturated rings. The highest BCUT2D eigenvalue weighted by molar-refractivity contribution is 6.33. The predicted molar refractivity (Wildman–Crippen MR) is 109 cm³/mol. The van der Waals surface area contributed by atoms with Crippen molar-refractivity contribution in [3.63, 3.8) is 0 Å². The second-order valence-electron chi connectivity index (χ2n) is 6.64. The number of para-hydroxylation sites is 1. The van der Waals surface area contributed by atoms with Crippen LogP contribution in [0.1, 0.15) is 31.8 Å². The van der Waals surface area contributed by atoms with Crippen LogP contribution in [0.15, 0.2) is 67.0 Å². The SMILES string of the molecule is O=C(Nc1ccccc1Cl)c1cncc(C(=O)N2CCc3ccccc3C2)c1. The Morgan fingerprint density at radius 2 is 1.68 bits per heavy atom. The number of hydrogen-bond donors (Lipinski definition) is 1. The van der Waals surface area contributed by atoms with Gasteiger partial charge in [0.1, 0.15) is 0 Å². The van der Waals surface area contributed by atoms with Gasteiger partial charge in [-0.2, -0.15) is 0 Å². The number of carbonyl (C=O) groups is 2. The second-order valence-corrected chi connectivity index (χ2v) is 7.05. The van der Waals surface area contributed by atoms with E-state index in [1.165, 1.54) is 18.0 Å². The summed E-state index contributed by atoms with van der Waals surface area (Å²) < 4.78 is 0. The third-order valence-electron chi connectivity index (χ3n) is 4.79. The van der Waals surface area contributed by atoms with E-state index >= 15 is 0 Å². The lowest BCUT2D eigenvalue weighted by atomic mass is 9.99. The van der Waals surface area contributed by atoms with Crippen LogP contribution in [-0.4, -0.2) is 28.2 Å². The molecule has 1 aliphatic heterocycles. The van der Waals surface area contributed by atoms with E-state index in [0.717, 1.165) is 12.0 Å². The van der Waals surface area contributed by atoms with E-state index in [4.69, 9.17) is 11.6 Å². The molecule has 4 rings (SSSR count). The van der Waals surface area contributed by atoms with Crippen molar-refractivity contribution in [3.05, 3.63) is 94.3 Å². The van der Waals surface area contributed by atoms with Gasteiger partial charge in [-0.25, -0.2) is 0 Å². The quantitative estimate of drug-likeness (QED) is 0.728. The third-order valence-corrected chi connectivity index (χ3v) is 5.12. The van der Waals surface area contributed by atoms with Crippen molar-refractivity contribution < 1.29 is 9.59 Å². The first-order chi connectivity index (χ1) is 13.6. The zero-order valence-corrected chi connectivity index (χ0v) is 15.8. The molecule has 1 N–H and O–H groups in total. The number of rotatable bonds is 3. The molecule has 0 bridgehead atoms. The Labute approximate surface area is 168 Å². The van der Waals surface area contributed by atoms with Crippen molar-refractivity contribution in [2.45, 2.75) is 13.0 Å². The van der Waals surface area contributed by atoms with Crippen LogP contribution in [0.4, 0.5) is 5.69 Å². The van der Waals surface area contributed by atoms with Crippen molar-refractivity contribution >= 4 is 29.1 Å². The summed E-state index contributed by atoms with van der Waals surface area (Å²) in [7, 11) is 0. The maximum Gasteiger partial charge on any atom is 0.257 e. The molecule has 28 heavy (non-hydrogen) atoms. The van der Waals surface area contributed by atoms with Crippen LogP contribution < -0.4 is 5.32 Å². The van der Waals surface area contributed by atoms with Gasteiger partial charge in [0.25, 0.3) is 11.8 Å². The van der Waals surface area contributed by atoms with Crippen LogP contribution in [0.3, 0.4) is 0 Å². The average Bonchev–Trinajstić information content (AvgIpc) is 2.74. The Hall–Kier alpha value is -3.18. The number of amides is 2. The Morgan fingerprint density at radius 3 is 2.50 bits per heavy atom. The number of benzene rings is 2. The minimum atomic E-state index is -0.362. The summed E-state index contributed by atoms with van der Waals surface area (Å²) in [6.45, 7) is 1.21. The Balaban J connectivity index is 1.51. The number of halogens is 1. The van der Waals surface area contributed by atoms with Crippen LogP contribution in [0.25, 0.3) is 0 Å². The monoisotopic (exact) mass is 391 g/mol. The Morgan fingerprint density at radius 1 is 0.964 bits per heavy atom. The minimum absolute atomic E-state index is 0.130. The first-order valence-electron chi connectivity index (χ1n) is 8.99. The summed E-state index contributed by atoms with van der Waals surface area (Å²) in [5.41, 5.74) is 3.65. The fourth-order valence-corrected chi connectivity index (χ4v) is 3.47. The Kier molecular flexibility index (Phi) is 5.08. The highest BCUT2D eigenvalue weighted by Gasteiger charge is 2.22. The molecule has 0 spiro atoms. The van der Waals surface area contributed by atoms with Crippen molar-refractivity contribution in [3.8, 4) is 0 Å². The third kappa shape index (κ3) is 3.75. The van der Waals surface area contributed by atoms with E-state index in [9.17, 15) is 9.59 Å². The molecule has 0 unspecified atom stereocenters. The number of carbonyl (C=O) groups excluding carboxylic acids is 2. The van der Waals surface area contributed by atoms with Crippen LogP contribution in [0.5, 0.6) is 0 Å². The summed E-state index contributed by atoms with van der Waals surface area (Å²) in [4.78, 5) is 31.4. The molecule has 0 radical (unpaired) electrons. The smallest absolute Gasteiger partial charge is 0.257 e. The second kappa shape index (κ2) is 7.82. The van der Waals surface area contributed by atoms with Gasteiger partial charge in [0.05, 0.1) is 21.8 Å². The summed E-state index contributed by atoms with van der Waals surface area (Å²) >= 11 is 6.09. The van der Waals surface area contributed by atoms with Crippen molar-refractivity contribution in [1.82, 2.24) is 9.88 Å². The molecule has 3 aromatic rings. The molecule has 2 heterocycles. The van der Waals surface area contributed by atoms with Gasteiger partial charge in [-0.1, -0.05) is 48.0 Å². The summed E-state index contributed by atoms with van der Waals surface area (Å²) in [5.74, 6) is -0.492. The molecule has 0 saturated carbocycles. The molecule has 0 atom stereocenters. The molecule has 0 aliphatic carbocycles. The van der Waals surface area contributed by atoms with Gasteiger partial charge in [0.15, 0.2) is 0 Å². The van der Waals surface area contributed by atoms with E-state index in [1.54, 1.807) is 35.2 Å². The highest BCUT2D eigenvalue weighted by Crippen LogP contribution is 2.22. The lowest BCUT2D eigenvalue weighted by Gasteiger charge is -2.28. The topological polar surface area (TPSA) is 62.3 Å². The lowest BCUT2D eigenvalue weighted by molar-refractivity contribution is 0.0734. The zero-order valence-electron chi connectivity index (χ0n) is 15.1. The van der Waals surface area contributed by atoms with Gasteiger partial charge < -0.3 is 10.2 Å². The normalized spacial score (nSPS) is 13.0. The van der Waals surface area contributed by atoms with Gasteiger partial charge >= 0.3 is 0 Å². The van der Waals surface area contributed by atoms with E-state index in [0.29, 0.717) is 34.9 Å². The molecule has 140 valence electrons. The van der Waals surface area contributed by atoms with Gasteiger partial charge in [-0.05, 0) is 35.7 Å². The fraction of sp³-hybridized carbons (Fsp3) is 0.136. The molecule has 1 aliphatic rings. The fourth-order valence-electron chi connectivity index (χ4n) is 3.29. The number of aromatic nitrogens is 1. The average molecular weight is 392 g/mol. The van der Waals surface area contributed by atoms with Gasteiger partial charge in [0, 0.05) is 25.5 Å². The molecule has 5 nitrogen and oxygen atoms in total. The van der Waals surface area contributed by atoms with Gasteiger partial charge in [0.2, 0.25) is 0 Å². The van der Waals surface area contributed by atoms with Gasteiger partial charge in [-0.15, -0.1) is 0 Å². The van der Waals surface area contributed by atoms with Gasteiger partial charge in [-0.3, -0.25) is 14.6 Å². The Bertz CT molecular complexity index is 1050. The lowest BCUT2D eigenvalue weighted by Crippen LogP contribution is -2.36. The van der Waals surface area contributed by atoms with Crippen LogP contribution in [-0.2, 0) is 13.0 Å². The number of fused-ring (bicyclic) bond motifs is 1. The predicted octanol–water partition coefficient (Wildman–Crippen LogP) is 4.19. The largest absolute Gasteiger partial charge is 0.334 e. The molecule has 1 aromatic heterocycles.